The monoisotopic (exact) mass is 241 g/mol. The van der Waals surface area contributed by atoms with Gasteiger partial charge in [-0.3, -0.25) is 0 Å². The van der Waals surface area contributed by atoms with Crippen LogP contribution in [0.25, 0.3) is 0 Å². The Morgan fingerprint density at radius 1 is 1.38 bits per heavy atom. The largest absolute Gasteiger partial charge is 0.304 e. The topological polar surface area (TPSA) is 69.4 Å². The smallest absolute Gasteiger partial charge is 0.175 e. The van der Waals surface area contributed by atoms with E-state index in [0.717, 1.165) is 18.4 Å². The van der Waals surface area contributed by atoms with Crippen molar-refractivity contribution in [3.05, 3.63) is 29.8 Å². The lowest BCUT2D eigenvalue weighted by atomic mass is 9.97. The molecule has 0 radical (unpaired) electrons. The molecule has 1 fully saturated rings. The van der Waals surface area contributed by atoms with E-state index in [1.807, 2.05) is 12.1 Å². The van der Waals surface area contributed by atoms with Gasteiger partial charge in [0.15, 0.2) is 9.84 Å². The van der Waals surface area contributed by atoms with E-state index >= 15 is 0 Å². The van der Waals surface area contributed by atoms with Crippen LogP contribution in [0.3, 0.4) is 0 Å². The van der Waals surface area contributed by atoms with Crippen molar-refractivity contribution in [1.29, 1.82) is 0 Å². The van der Waals surface area contributed by atoms with Crippen LogP contribution in [0, 0.1) is 0 Å². The Kier molecular flexibility index (Phi) is 2.77. The average molecular weight is 241 g/mol. The van der Waals surface area contributed by atoms with Crippen molar-refractivity contribution in [3.63, 3.8) is 0 Å². The fourth-order valence-electron chi connectivity index (χ4n) is 2.03. The second-order valence-corrected chi connectivity index (χ2v) is 6.34. The summed E-state index contributed by atoms with van der Waals surface area (Å²) in [5.74, 6) is 5.10. The van der Waals surface area contributed by atoms with E-state index in [-0.39, 0.29) is 5.41 Å². The molecule has 16 heavy (non-hydrogen) atoms. The predicted octanol–water partition coefficient (Wildman–Crippen LogP) is 1.01. The molecule has 1 aromatic carbocycles. The van der Waals surface area contributed by atoms with Crippen molar-refractivity contribution in [3.8, 4) is 0 Å². The molecule has 0 saturated heterocycles. The molecule has 0 spiro atoms. The summed E-state index contributed by atoms with van der Waals surface area (Å²) in [6, 6.07) is 7.07. The second kappa shape index (κ2) is 3.84. The molecular formula is C11H15NO3S. The van der Waals surface area contributed by atoms with Gasteiger partial charge in [0.25, 0.3) is 0 Å². The first-order chi connectivity index (χ1) is 7.49. The Hall–Kier alpha value is -0.910. The summed E-state index contributed by atoms with van der Waals surface area (Å²) in [5.41, 5.74) is 0.650. The predicted molar refractivity (Wildman–Crippen MR) is 60.6 cm³/mol. The number of hydrogen-bond donors (Lipinski definition) is 1. The van der Waals surface area contributed by atoms with Crippen LogP contribution < -0.4 is 5.90 Å². The Morgan fingerprint density at radius 2 is 2.00 bits per heavy atom. The van der Waals surface area contributed by atoms with Gasteiger partial charge in [-0.05, 0) is 24.5 Å². The molecule has 5 heteroatoms. The molecule has 1 aliphatic carbocycles. The molecule has 88 valence electrons. The normalized spacial score (nSPS) is 18.4. The lowest BCUT2D eigenvalue weighted by molar-refractivity contribution is 0.115. The Labute approximate surface area is 95.3 Å². The van der Waals surface area contributed by atoms with Gasteiger partial charge < -0.3 is 4.84 Å². The minimum atomic E-state index is -3.19. The van der Waals surface area contributed by atoms with E-state index in [1.54, 1.807) is 12.1 Å². The first-order valence-electron chi connectivity index (χ1n) is 5.11. The number of sulfone groups is 1. The van der Waals surface area contributed by atoms with Gasteiger partial charge in [0.05, 0.1) is 11.5 Å². The molecule has 0 unspecified atom stereocenters. The minimum Gasteiger partial charge on any atom is -0.304 e. The van der Waals surface area contributed by atoms with E-state index in [9.17, 15) is 8.42 Å². The van der Waals surface area contributed by atoms with E-state index in [0.29, 0.717) is 11.5 Å². The third-order valence-corrected chi connectivity index (χ3v) is 4.23. The van der Waals surface area contributed by atoms with E-state index in [1.165, 1.54) is 6.26 Å². The van der Waals surface area contributed by atoms with Gasteiger partial charge in [0.1, 0.15) is 0 Å². The van der Waals surface area contributed by atoms with Crippen LogP contribution in [-0.4, -0.2) is 21.3 Å². The fraction of sp³-hybridized carbons (Fsp3) is 0.455. The van der Waals surface area contributed by atoms with Gasteiger partial charge in [-0.15, -0.1) is 0 Å². The molecule has 0 aliphatic heterocycles. The quantitative estimate of drug-likeness (QED) is 0.799. The van der Waals surface area contributed by atoms with E-state index in [4.69, 9.17) is 10.7 Å². The standard InChI is InChI=1S/C11H15NO3S/c1-16(13,14)10-5-3-2-4-9(10)11(6-7-11)8-15-12/h2-5H,6-8,12H2,1H3. The SMILES string of the molecule is CS(=O)(=O)c1ccccc1C1(CON)CC1. The van der Waals surface area contributed by atoms with Gasteiger partial charge in [-0.2, -0.15) is 0 Å². The highest BCUT2D eigenvalue weighted by Gasteiger charge is 2.46. The molecule has 0 bridgehead atoms. The summed E-state index contributed by atoms with van der Waals surface area (Å²) in [6.07, 6.45) is 3.08. The minimum absolute atomic E-state index is 0.186. The molecule has 2 N–H and O–H groups in total. The summed E-state index contributed by atoms with van der Waals surface area (Å²) >= 11 is 0. The molecular weight excluding hydrogens is 226 g/mol. The Morgan fingerprint density at radius 3 is 2.50 bits per heavy atom. The third-order valence-electron chi connectivity index (χ3n) is 3.07. The van der Waals surface area contributed by atoms with Crippen LogP contribution in [0.5, 0.6) is 0 Å². The molecule has 0 atom stereocenters. The fourth-order valence-corrected chi connectivity index (χ4v) is 3.04. The van der Waals surface area contributed by atoms with Crippen molar-refractivity contribution in [1.82, 2.24) is 0 Å². The number of benzene rings is 1. The molecule has 0 amide bonds. The summed E-state index contributed by atoms with van der Waals surface area (Å²) < 4.78 is 23.3. The van der Waals surface area contributed by atoms with Crippen molar-refractivity contribution in [2.45, 2.75) is 23.2 Å². The van der Waals surface area contributed by atoms with Gasteiger partial charge in [0.2, 0.25) is 0 Å². The first-order valence-corrected chi connectivity index (χ1v) is 7.00. The van der Waals surface area contributed by atoms with Crippen LogP contribution in [0.1, 0.15) is 18.4 Å². The Balaban J connectivity index is 2.50. The lowest BCUT2D eigenvalue weighted by Gasteiger charge is -2.17. The maximum absolute atomic E-state index is 11.7. The van der Waals surface area contributed by atoms with Crippen LogP contribution >= 0.6 is 0 Å². The van der Waals surface area contributed by atoms with Crippen LogP contribution in [0.15, 0.2) is 29.2 Å². The number of rotatable bonds is 4. The summed E-state index contributed by atoms with van der Waals surface area (Å²) in [4.78, 5) is 5.09. The zero-order valence-corrected chi connectivity index (χ0v) is 9.96. The van der Waals surface area contributed by atoms with E-state index < -0.39 is 9.84 Å². The maximum Gasteiger partial charge on any atom is 0.175 e. The summed E-state index contributed by atoms with van der Waals surface area (Å²) in [5, 5.41) is 0. The molecule has 0 heterocycles. The highest BCUT2D eigenvalue weighted by molar-refractivity contribution is 7.90. The van der Waals surface area contributed by atoms with Crippen LogP contribution in [0.4, 0.5) is 0 Å². The number of nitrogens with two attached hydrogens (primary N) is 1. The highest BCUT2D eigenvalue weighted by atomic mass is 32.2. The second-order valence-electron chi connectivity index (χ2n) is 4.36. The number of hydrogen-bond acceptors (Lipinski definition) is 4. The third kappa shape index (κ3) is 1.98. The molecule has 1 aliphatic rings. The van der Waals surface area contributed by atoms with Crippen LogP contribution in [-0.2, 0) is 20.1 Å². The van der Waals surface area contributed by atoms with E-state index in [2.05, 4.69) is 0 Å². The first kappa shape index (κ1) is 11.6. The van der Waals surface area contributed by atoms with Gasteiger partial charge in [-0.1, -0.05) is 18.2 Å². The Bertz CT molecular complexity index is 492. The zero-order chi connectivity index (χ0) is 11.8. The molecule has 2 rings (SSSR count). The van der Waals surface area contributed by atoms with Crippen molar-refractivity contribution >= 4 is 9.84 Å². The zero-order valence-electron chi connectivity index (χ0n) is 9.14. The van der Waals surface area contributed by atoms with Crippen LogP contribution in [0.2, 0.25) is 0 Å². The maximum atomic E-state index is 11.7. The summed E-state index contributed by atoms with van der Waals surface area (Å²) in [6.45, 7) is 0.375. The highest BCUT2D eigenvalue weighted by Crippen LogP contribution is 2.50. The molecule has 0 aromatic heterocycles. The van der Waals surface area contributed by atoms with Gasteiger partial charge in [0, 0.05) is 11.7 Å². The summed E-state index contributed by atoms with van der Waals surface area (Å²) in [7, 11) is -3.19. The molecule has 1 saturated carbocycles. The van der Waals surface area contributed by atoms with Gasteiger partial charge in [-0.25, -0.2) is 14.3 Å². The van der Waals surface area contributed by atoms with Crippen molar-refractivity contribution < 1.29 is 13.3 Å². The van der Waals surface area contributed by atoms with Crippen molar-refractivity contribution in [2.75, 3.05) is 12.9 Å². The lowest BCUT2D eigenvalue weighted by Crippen LogP contribution is -2.20. The van der Waals surface area contributed by atoms with Gasteiger partial charge >= 0.3 is 0 Å². The van der Waals surface area contributed by atoms with Crippen molar-refractivity contribution in [2.24, 2.45) is 5.90 Å². The average Bonchev–Trinajstić information content (AvgIpc) is 2.98. The molecule has 4 nitrogen and oxygen atoms in total. The molecule has 1 aromatic rings.